The van der Waals surface area contributed by atoms with Gasteiger partial charge >= 0.3 is 0 Å². The van der Waals surface area contributed by atoms with Crippen LogP contribution >= 0.6 is 0 Å². The van der Waals surface area contributed by atoms with Gasteiger partial charge in [-0.05, 0) is 202 Å². The van der Waals surface area contributed by atoms with Crippen molar-refractivity contribution in [3.8, 4) is 100 Å². The van der Waals surface area contributed by atoms with E-state index in [-0.39, 0.29) is 0 Å². The lowest BCUT2D eigenvalue weighted by molar-refractivity contribution is 1.04. The molecule has 0 bridgehead atoms. The third-order valence-corrected chi connectivity index (χ3v) is 17.3. The number of benzene rings is 13. The first kappa shape index (κ1) is 43.0. The van der Waals surface area contributed by atoms with Gasteiger partial charge in [0.05, 0.1) is 0 Å². The summed E-state index contributed by atoms with van der Waals surface area (Å²) in [7, 11) is 0. The van der Waals surface area contributed by atoms with Crippen molar-refractivity contribution in [2.75, 3.05) is 0 Å². The van der Waals surface area contributed by atoms with Crippen LogP contribution in [0, 0.1) is 0 Å². The summed E-state index contributed by atoms with van der Waals surface area (Å²) in [6.45, 7) is 9.39. The summed E-state index contributed by atoms with van der Waals surface area (Å²) in [6, 6.07) is 78.6. The molecule has 0 aliphatic heterocycles. The van der Waals surface area contributed by atoms with E-state index >= 15 is 0 Å². The third kappa shape index (κ3) is 5.74. The smallest absolute Gasteiger partial charge is 0.00109 e. The second kappa shape index (κ2) is 16.5. The minimum Gasteiger partial charge on any atom is -0.0622 e. The molecule has 0 atom stereocenters. The van der Waals surface area contributed by atoms with Crippen molar-refractivity contribution >= 4 is 53.9 Å². The van der Waals surface area contributed by atoms with E-state index in [0.29, 0.717) is 0 Å². The topological polar surface area (TPSA) is 0 Å². The molecule has 13 aromatic rings. The molecule has 2 aliphatic carbocycles. The highest BCUT2D eigenvalue weighted by atomic mass is 14.4. The maximum Gasteiger partial charge on any atom is -0.00109 e. The monoisotopic (exact) mass is 942 g/mol. The number of hydrogen-bond donors (Lipinski definition) is 0. The second-order valence-corrected chi connectivity index (χ2v) is 20.6. The largest absolute Gasteiger partial charge is 0.0622 e. The van der Waals surface area contributed by atoms with Crippen LogP contribution in [-0.4, -0.2) is 0 Å². The third-order valence-electron chi connectivity index (χ3n) is 17.3. The SMILES string of the molecule is CCc1c(CC)c(-c2ccccc2)c2c(c1-c1ccccc1)-c1cccc3c(-c4ccc5c6ccc7c8c(ccc(c9cccc4c95)c86)-c4c(-c5ccccc5)c(CC)c(CC)c(-c5ccccc5)c4-7)ccc-2c13. The van der Waals surface area contributed by atoms with Crippen LogP contribution in [0.5, 0.6) is 0 Å². The lowest BCUT2D eigenvalue weighted by Gasteiger charge is -2.24. The Bertz CT molecular complexity index is 4250. The molecule has 0 heteroatoms. The molecule has 0 spiro atoms. The van der Waals surface area contributed by atoms with Crippen molar-refractivity contribution in [2.24, 2.45) is 0 Å². The molecule has 0 N–H and O–H groups in total. The van der Waals surface area contributed by atoms with Crippen LogP contribution in [0.4, 0.5) is 0 Å². The summed E-state index contributed by atoms with van der Waals surface area (Å²) in [4.78, 5) is 0. The predicted octanol–water partition coefficient (Wildman–Crippen LogP) is 20.8. The normalized spacial score (nSPS) is 12.3. The van der Waals surface area contributed by atoms with Gasteiger partial charge in [0.1, 0.15) is 0 Å². The Morgan fingerprint density at radius 2 is 0.473 bits per heavy atom. The lowest BCUT2D eigenvalue weighted by atomic mass is 9.79. The summed E-state index contributed by atoms with van der Waals surface area (Å²) in [5.74, 6) is 0. The summed E-state index contributed by atoms with van der Waals surface area (Å²) in [5, 5.41) is 13.4. The quantitative estimate of drug-likeness (QED) is 0.0999. The lowest BCUT2D eigenvalue weighted by Crippen LogP contribution is -2.03. The second-order valence-electron chi connectivity index (χ2n) is 20.6. The molecule has 0 saturated carbocycles. The fourth-order valence-electron chi connectivity index (χ4n) is 14.5. The van der Waals surface area contributed by atoms with Crippen molar-refractivity contribution < 1.29 is 0 Å². The standard InChI is InChI=1S/C74H54/c1-5-47-48(6-2)64(44-25-15-10-16-26-44)72-60-40-36-52(54-32-22-34-59(68(54)60)71(72)63(47)43-23-13-9-14-24-43)51-35-37-56-58-39-42-62-70-61(41-38-57(69(58)70)55-33-21-31-53(51)67(55)56)73-65(45-27-17-11-18-28-45)49(7-3)50(8-4)66(74(62)73)46-29-19-12-20-30-46/h9-42H,5-8H2,1-4H3. The zero-order valence-corrected chi connectivity index (χ0v) is 42.5. The fourth-order valence-corrected chi connectivity index (χ4v) is 14.5. The number of rotatable bonds is 9. The highest BCUT2D eigenvalue weighted by Gasteiger charge is 2.35. The summed E-state index contributed by atoms with van der Waals surface area (Å²) in [5.41, 5.74) is 30.1. The number of hydrogen-bond acceptors (Lipinski definition) is 0. The van der Waals surface area contributed by atoms with Gasteiger partial charge in [0.25, 0.3) is 0 Å². The predicted molar refractivity (Wildman–Crippen MR) is 319 cm³/mol. The molecule has 13 aromatic carbocycles. The van der Waals surface area contributed by atoms with E-state index in [1.165, 1.54) is 176 Å². The van der Waals surface area contributed by atoms with Gasteiger partial charge in [-0.2, -0.15) is 0 Å². The van der Waals surface area contributed by atoms with E-state index in [9.17, 15) is 0 Å². The molecule has 350 valence electrons. The van der Waals surface area contributed by atoms with Crippen LogP contribution in [0.1, 0.15) is 49.9 Å². The zero-order chi connectivity index (χ0) is 49.3. The van der Waals surface area contributed by atoms with Gasteiger partial charge in [0.2, 0.25) is 0 Å². The van der Waals surface area contributed by atoms with Gasteiger partial charge in [-0.15, -0.1) is 0 Å². The Labute approximate surface area is 433 Å². The highest BCUT2D eigenvalue weighted by molar-refractivity contribution is 6.39. The number of fused-ring (bicyclic) bond motifs is 8. The summed E-state index contributed by atoms with van der Waals surface area (Å²) >= 11 is 0. The van der Waals surface area contributed by atoms with E-state index in [4.69, 9.17) is 0 Å². The molecule has 74 heavy (non-hydrogen) atoms. The average Bonchev–Trinajstić information content (AvgIpc) is 4.02. The van der Waals surface area contributed by atoms with Crippen LogP contribution in [-0.2, 0) is 25.7 Å². The van der Waals surface area contributed by atoms with Crippen LogP contribution < -0.4 is 0 Å². The van der Waals surface area contributed by atoms with Gasteiger partial charge in [-0.1, -0.05) is 234 Å². The molecule has 0 unspecified atom stereocenters. The Morgan fingerprint density at radius 3 is 0.878 bits per heavy atom. The molecule has 2 aliphatic rings. The molecule has 0 fully saturated rings. The maximum atomic E-state index is 2.47. The first-order chi connectivity index (χ1) is 36.6. The molecule has 0 nitrogen and oxygen atoms in total. The van der Waals surface area contributed by atoms with Gasteiger partial charge in [-0.3, -0.25) is 0 Å². The van der Waals surface area contributed by atoms with Crippen LogP contribution in [0.3, 0.4) is 0 Å². The molecule has 15 rings (SSSR count). The van der Waals surface area contributed by atoms with Crippen molar-refractivity contribution in [1.29, 1.82) is 0 Å². The minimum absolute atomic E-state index is 0.966. The molecule has 0 saturated heterocycles. The van der Waals surface area contributed by atoms with Crippen LogP contribution in [0.25, 0.3) is 154 Å². The molecular weight excluding hydrogens is 889 g/mol. The van der Waals surface area contributed by atoms with Gasteiger partial charge in [-0.25, -0.2) is 0 Å². The van der Waals surface area contributed by atoms with E-state index in [1.54, 1.807) is 0 Å². The Balaban J connectivity index is 0.990. The van der Waals surface area contributed by atoms with E-state index in [1.807, 2.05) is 0 Å². The summed E-state index contributed by atoms with van der Waals surface area (Å²) < 4.78 is 0. The fraction of sp³-hybridized carbons (Fsp3) is 0.108. The first-order valence-electron chi connectivity index (χ1n) is 27.0. The maximum absolute atomic E-state index is 2.47. The van der Waals surface area contributed by atoms with E-state index in [2.05, 4.69) is 234 Å². The van der Waals surface area contributed by atoms with Crippen LogP contribution in [0.15, 0.2) is 206 Å². The van der Waals surface area contributed by atoms with Crippen molar-refractivity contribution in [1.82, 2.24) is 0 Å². The van der Waals surface area contributed by atoms with Gasteiger partial charge in [0, 0.05) is 0 Å². The molecule has 0 amide bonds. The molecule has 0 heterocycles. The Morgan fingerprint density at radius 1 is 0.189 bits per heavy atom. The molecular formula is C74H54. The summed E-state index contributed by atoms with van der Waals surface area (Å²) in [6.07, 6.45) is 3.87. The Hall–Kier alpha value is -8.58. The minimum atomic E-state index is 0.966. The van der Waals surface area contributed by atoms with Crippen LogP contribution in [0.2, 0.25) is 0 Å². The zero-order valence-electron chi connectivity index (χ0n) is 42.5. The first-order valence-corrected chi connectivity index (χ1v) is 27.0. The van der Waals surface area contributed by atoms with Crippen molar-refractivity contribution in [2.45, 2.75) is 53.4 Å². The van der Waals surface area contributed by atoms with E-state index in [0.717, 1.165) is 25.7 Å². The Kier molecular flexibility index (Phi) is 9.58. The highest BCUT2D eigenvalue weighted by Crippen LogP contribution is 2.61. The van der Waals surface area contributed by atoms with E-state index < -0.39 is 0 Å². The van der Waals surface area contributed by atoms with Gasteiger partial charge < -0.3 is 0 Å². The molecule has 0 radical (unpaired) electrons. The average molecular weight is 943 g/mol. The van der Waals surface area contributed by atoms with Crippen molar-refractivity contribution in [3.63, 3.8) is 0 Å². The van der Waals surface area contributed by atoms with Crippen molar-refractivity contribution in [3.05, 3.63) is 229 Å². The van der Waals surface area contributed by atoms with Gasteiger partial charge in [0.15, 0.2) is 0 Å². The molecule has 0 aromatic heterocycles.